The summed E-state index contributed by atoms with van der Waals surface area (Å²) in [5, 5.41) is 0. The van der Waals surface area contributed by atoms with E-state index in [0.29, 0.717) is 23.4 Å². The van der Waals surface area contributed by atoms with Gasteiger partial charge < -0.3 is 9.30 Å². The van der Waals surface area contributed by atoms with Crippen LogP contribution in [0.25, 0.3) is 11.0 Å². The van der Waals surface area contributed by atoms with Crippen LogP contribution in [0.2, 0.25) is 0 Å². The lowest BCUT2D eigenvalue weighted by Crippen LogP contribution is -2.07. The minimum absolute atomic E-state index is 0.203. The molecule has 0 aliphatic heterocycles. The zero-order chi connectivity index (χ0) is 18.2. The second-order valence-corrected chi connectivity index (χ2v) is 5.96. The van der Waals surface area contributed by atoms with Crippen LogP contribution in [0.3, 0.4) is 0 Å². The molecule has 132 valence electrons. The molecule has 3 aromatic rings. The maximum absolute atomic E-state index is 12.9. The number of fused-ring (bicyclic) bond motifs is 1. The van der Waals surface area contributed by atoms with Crippen LogP contribution < -0.4 is 4.74 Å². The number of aromatic nitrogens is 2. The average molecular weight is 348 g/mol. The Labute approximate surface area is 144 Å². The van der Waals surface area contributed by atoms with Gasteiger partial charge in [0.15, 0.2) is 0 Å². The lowest BCUT2D eigenvalue weighted by Gasteiger charge is -2.11. The van der Waals surface area contributed by atoms with Crippen molar-refractivity contribution in [3.63, 3.8) is 0 Å². The predicted molar refractivity (Wildman–Crippen MR) is 90.7 cm³/mol. The zero-order valence-corrected chi connectivity index (χ0v) is 14.3. The van der Waals surface area contributed by atoms with Crippen LogP contribution in [0.5, 0.6) is 5.75 Å². The largest absolute Gasteiger partial charge is 0.485 e. The molecule has 0 fully saturated rings. The Kier molecular flexibility index (Phi) is 4.45. The van der Waals surface area contributed by atoms with E-state index in [1.165, 1.54) is 6.07 Å². The molecule has 2 aromatic carbocycles. The van der Waals surface area contributed by atoms with Crippen molar-refractivity contribution >= 4 is 11.0 Å². The number of nitrogens with zero attached hydrogens (tertiary/aromatic N) is 2. The van der Waals surface area contributed by atoms with Crippen LogP contribution >= 0.6 is 0 Å². The molecule has 0 N–H and O–H groups in total. The number of hydrogen-bond acceptors (Lipinski definition) is 2. The summed E-state index contributed by atoms with van der Waals surface area (Å²) in [4.78, 5) is 4.36. The molecular weight excluding hydrogens is 329 g/mol. The highest BCUT2D eigenvalue weighted by molar-refractivity contribution is 5.77. The molecule has 6 heteroatoms. The second-order valence-electron chi connectivity index (χ2n) is 5.96. The monoisotopic (exact) mass is 348 g/mol. The van der Waals surface area contributed by atoms with Crippen LogP contribution in [0.15, 0.2) is 36.4 Å². The number of hydrogen-bond donors (Lipinski definition) is 0. The van der Waals surface area contributed by atoms with Crippen LogP contribution in [0, 0.1) is 13.8 Å². The van der Waals surface area contributed by atoms with Gasteiger partial charge in [0, 0.05) is 6.54 Å². The standard InChI is InChI=1S/C19H19F3N2O/c1-4-24-16-9-8-14(19(20,21)22)10-15(16)23-18(24)11-25-17-7-5-6-12(2)13(17)3/h5-10H,4,11H2,1-3H3. The minimum atomic E-state index is -4.38. The third-order valence-electron chi connectivity index (χ3n) is 4.38. The summed E-state index contributed by atoms with van der Waals surface area (Å²) in [5.41, 5.74) is 2.48. The molecule has 3 nitrogen and oxygen atoms in total. The van der Waals surface area contributed by atoms with E-state index in [1.807, 2.05) is 43.5 Å². The Hall–Kier alpha value is -2.50. The van der Waals surface area contributed by atoms with Crippen LogP contribution in [0.4, 0.5) is 13.2 Å². The van der Waals surface area contributed by atoms with Gasteiger partial charge >= 0.3 is 6.18 Å². The van der Waals surface area contributed by atoms with Crippen LogP contribution in [0.1, 0.15) is 29.4 Å². The number of alkyl halides is 3. The van der Waals surface area contributed by atoms with Gasteiger partial charge in [-0.05, 0) is 56.2 Å². The third-order valence-corrected chi connectivity index (χ3v) is 4.38. The first-order chi connectivity index (χ1) is 11.8. The molecular formula is C19H19F3N2O. The van der Waals surface area contributed by atoms with Crippen molar-refractivity contribution < 1.29 is 17.9 Å². The molecule has 0 spiro atoms. The van der Waals surface area contributed by atoms with Gasteiger partial charge in [-0.25, -0.2) is 4.98 Å². The van der Waals surface area contributed by atoms with Crippen molar-refractivity contribution in [3.8, 4) is 5.75 Å². The zero-order valence-electron chi connectivity index (χ0n) is 14.3. The molecule has 0 bridgehead atoms. The second kappa shape index (κ2) is 6.43. The summed E-state index contributed by atoms with van der Waals surface area (Å²) >= 11 is 0. The van der Waals surface area contributed by atoms with Gasteiger partial charge in [-0.15, -0.1) is 0 Å². The number of rotatable bonds is 4. The normalized spacial score (nSPS) is 11.9. The fraction of sp³-hybridized carbons (Fsp3) is 0.316. The lowest BCUT2D eigenvalue weighted by molar-refractivity contribution is -0.137. The molecule has 0 saturated carbocycles. The number of ether oxygens (including phenoxy) is 1. The van der Waals surface area contributed by atoms with Crippen molar-refractivity contribution in [2.24, 2.45) is 0 Å². The fourth-order valence-electron chi connectivity index (χ4n) is 2.84. The Morgan fingerprint density at radius 3 is 2.56 bits per heavy atom. The molecule has 3 rings (SSSR count). The van der Waals surface area contributed by atoms with Crippen molar-refractivity contribution in [1.29, 1.82) is 0 Å². The van der Waals surface area contributed by atoms with E-state index in [4.69, 9.17) is 4.74 Å². The van der Waals surface area contributed by atoms with Crippen LogP contribution in [-0.2, 0) is 19.3 Å². The molecule has 0 saturated heterocycles. The lowest BCUT2D eigenvalue weighted by atomic mass is 10.1. The van der Waals surface area contributed by atoms with Gasteiger partial charge in [-0.3, -0.25) is 0 Å². The number of benzene rings is 2. The predicted octanol–water partition coefficient (Wildman–Crippen LogP) is 5.27. The first-order valence-electron chi connectivity index (χ1n) is 8.06. The maximum atomic E-state index is 12.9. The number of imidazole rings is 1. The van der Waals surface area contributed by atoms with E-state index < -0.39 is 11.7 Å². The third kappa shape index (κ3) is 3.34. The van der Waals surface area contributed by atoms with Crippen molar-refractivity contribution in [3.05, 3.63) is 58.9 Å². The molecule has 25 heavy (non-hydrogen) atoms. The minimum Gasteiger partial charge on any atom is -0.485 e. The Morgan fingerprint density at radius 1 is 1.12 bits per heavy atom. The number of aryl methyl sites for hydroxylation is 2. The summed E-state index contributed by atoms with van der Waals surface area (Å²) in [7, 11) is 0. The van der Waals surface area contributed by atoms with E-state index in [2.05, 4.69) is 4.98 Å². The Balaban J connectivity index is 1.94. The van der Waals surface area contributed by atoms with E-state index in [-0.39, 0.29) is 6.61 Å². The van der Waals surface area contributed by atoms with E-state index in [1.54, 1.807) is 0 Å². The van der Waals surface area contributed by atoms with E-state index >= 15 is 0 Å². The Morgan fingerprint density at radius 2 is 1.88 bits per heavy atom. The summed E-state index contributed by atoms with van der Waals surface area (Å²) in [5.74, 6) is 1.36. The quantitative estimate of drug-likeness (QED) is 0.642. The summed E-state index contributed by atoms with van der Waals surface area (Å²) in [6.45, 7) is 6.72. The summed E-state index contributed by atoms with van der Waals surface area (Å²) in [6.07, 6.45) is -4.38. The van der Waals surface area contributed by atoms with Gasteiger partial charge in [0.1, 0.15) is 18.2 Å². The first kappa shape index (κ1) is 17.3. The van der Waals surface area contributed by atoms with Gasteiger partial charge in [0.2, 0.25) is 0 Å². The van der Waals surface area contributed by atoms with Crippen molar-refractivity contribution in [1.82, 2.24) is 9.55 Å². The molecule has 0 atom stereocenters. The average Bonchev–Trinajstić information content (AvgIpc) is 2.92. The molecule has 0 radical (unpaired) electrons. The highest BCUT2D eigenvalue weighted by atomic mass is 19.4. The highest BCUT2D eigenvalue weighted by Crippen LogP contribution is 2.31. The van der Waals surface area contributed by atoms with Gasteiger partial charge in [-0.1, -0.05) is 12.1 Å². The summed E-state index contributed by atoms with van der Waals surface area (Å²) in [6, 6.07) is 9.44. The first-order valence-corrected chi connectivity index (χ1v) is 8.06. The maximum Gasteiger partial charge on any atom is 0.416 e. The smallest absolute Gasteiger partial charge is 0.416 e. The molecule has 0 aliphatic rings. The molecule has 0 amide bonds. The highest BCUT2D eigenvalue weighted by Gasteiger charge is 2.31. The molecule has 0 aliphatic carbocycles. The Bertz CT molecular complexity index is 913. The molecule has 0 unspecified atom stereocenters. The van der Waals surface area contributed by atoms with Crippen LogP contribution in [-0.4, -0.2) is 9.55 Å². The SMILES string of the molecule is CCn1c(COc2cccc(C)c2C)nc2cc(C(F)(F)F)ccc21. The van der Waals surface area contributed by atoms with Gasteiger partial charge in [0.05, 0.1) is 16.6 Å². The fourth-order valence-corrected chi connectivity index (χ4v) is 2.84. The van der Waals surface area contributed by atoms with E-state index in [9.17, 15) is 13.2 Å². The molecule has 1 aromatic heterocycles. The van der Waals surface area contributed by atoms with Gasteiger partial charge in [-0.2, -0.15) is 13.2 Å². The number of halogens is 3. The van der Waals surface area contributed by atoms with Gasteiger partial charge in [0.25, 0.3) is 0 Å². The van der Waals surface area contributed by atoms with Crippen molar-refractivity contribution in [2.75, 3.05) is 0 Å². The summed E-state index contributed by atoms with van der Waals surface area (Å²) < 4.78 is 46.4. The van der Waals surface area contributed by atoms with Crippen molar-refractivity contribution in [2.45, 2.75) is 40.1 Å². The topological polar surface area (TPSA) is 27.1 Å². The molecule has 1 heterocycles. The van der Waals surface area contributed by atoms with E-state index in [0.717, 1.165) is 29.0 Å².